The number of carbonyl (C=O) groups excluding carboxylic acids is 1. The van der Waals surface area contributed by atoms with Crippen LogP contribution in [0.4, 0.5) is 5.69 Å². The van der Waals surface area contributed by atoms with Gasteiger partial charge < -0.3 is 15.7 Å². The number of amides is 1. The number of benzene rings is 1. The van der Waals surface area contributed by atoms with Crippen molar-refractivity contribution in [3.63, 3.8) is 0 Å². The van der Waals surface area contributed by atoms with Crippen molar-refractivity contribution in [1.29, 1.82) is 0 Å². The molecule has 88 valence electrons. The molecule has 3 N–H and O–H groups in total. The van der Waals surface area contributed by atoms with Crippen molar-refractivity contribution in [2.45, 2.75) is 13.0 Å². The fourth-order valence-corrected chi connectivity index (χ4v) is 1.20. The largest absolute Gasteiger partial charge is 0.395 e. The maximum absolute atomic E-state index is 11.4. The molecule has 0 bridgehead atoms. The lowest BCUT2D eigenvalue weighted by molar-refractivity contribution is -0.115. The van der Waals surface area contributed by atoms with Gasteiger partial charge in [-0.05, 0) is 31.2 Å². The summed E-state index contributed by atoms with van der Waals surface area (Å²) in [5.74, 6) is -0.150. The first-order valence-corrected chi connectivity index (χ1v) is 5.39. The van der Waals surface area contributed by atoms with Crippen molar-refractivity contribution in [2.24, 2.45) is 0 Å². The molecule has 1 aromatic rings. The smallest absolute Gasteiger partial charge is 0.238 e. The van der Waals surface area contributed by atoms with Crippen LogP contribution in [0.25, 0.3) is 0 Å². The van der Waals surface area contributed by atoms with Crippen LogP contribution in [-0.2, 0) is 4.79 Å². The zero-order valence-electron chi connectivity index (χ0n) is 9.03. The second-order valence-electron chi connectivity index (χ2n) is 3.52. The quantitative estimate of drug-likeness (QED) is 0.728. The Morgan fingerprint density at radius 3 is 2.62 bits per heavy atom. The number of hydrogen-bond acceptors (Lipinski definition) is 3. The summed E-state index contributed by atoms with van der Waals surface area (Å²) >= 11 is 5.72. The first kappa shape index (κ1) is 13.0. The molecule has 0 aliphatic heterocycles. The molecular weight excluding hydrogens is 228 g/mol. The zero-order chi connectivity index (χ0) is 12.0. The Kier molecular flexibility index (Phi) is 5.25. The van der Waals surface area contributed by atoms with E-state index < -0.39 is 0 Å². The maximum atomic E-state index is 11.4. The standard InChI is InChI=1S/C11H15ClN2O2/c1-8(7-15)13-6-11(16)14-10-4-2-9(12)3-5-10/h2-5,8,13,15H,6-7H2,1H3,(H,14,16). The Morgan fingerprint density at radius 2 is 2.06 bits per heavy atom. The number of carbonyl (C=O) groups is 1. The van der Waals surface area contributed by atoms with Gasteiger partial charge in [0.25, 0.3) is 0 Å². The third-order valence-corrected chi connectivity index (χ3v) is 2.26. The molecular formula is C11H15ClN2O2. The average molecular weight is 243 g/mol. The monoisotopic (exact) mass is 242 g/mol. The van der Waals surface area contributed by atoms with Crippen LogP contribution >= 0.6 is 11.6 Å². The average Bonchev–Trinajstić information content (AvgIpc) is 2.29. The molecule has 1 atom stereocenters. The van der Waals surface area contributed by atoms with Gasteiger partial charge in [0.05, 0.1) is 13.2 Å². The topological polar surface area (TPSA) is 61.4 Å². The maximum Gasteiger partial charge on any atom is 0.238 e. The van der Waals surface area contributed by atoms with Crippen LogP contribution in [0.2, 0.25) is 5.02 Å². The molecule has 1 rings (SSSR count). The fraction of sp³-hybridized carbons (Fsp3) is 0.364. The van der Waals surface area contributed by atoms with Crippen LogP contribution in [-0.4, -0.2) is 30.2 Å². The highest BCUT2D eigenvalue weighted by Gasteiger charge is 2.04. The Morgan fingerprint density at radius 1 is 1.44 bits per heavy atom. The molecule has 0 fully saturated rings. The van der Waals surface area contributed by atoms with Gasteiger partial charge in [-0.15, -0.1) is 0 Å². The summed E-state index contributed by atoms with van der Waals surface area (Å²) in [4.78, 5) is 11.4. The van der Waals surface area contributed by atoms with E-state index in [1.165, 1.54) is 0 Å². The molecule has 1 amide bonds. The summed E-state index contributed by atoms with van der Waals surface area (Å²) in [6.07, 6.45) is 0. The predicted molar refractivity (Wildman–Crippen MR) is 64.6 cm³/mol. The minimum atomic E-state index is -0.150. The SMILES string of the molecule is CC(CO)NCC(=O)Nc1ccc(Cl)cc1. The number of rotatable bonds is 5. The Bertz CT molecular complexity index is 340. The normalized spacial score (nSPS) is 12.2. The van der Waals surface area contributed by atoms with Crippen molar-refractivity contribution < 1.29 is 9.90 Å². The number of nitrogens with one attached hydrogen (secondary N) is 2. The number of aliphatic hydroxyl groups is 1. The molecule has 0 saturated carbocycles. The number of anilines is 1. The lowest BCUT2D eigenvalue weighted by atomic mass is 10.3. The van der Waals surface area contributed by atoms with Gasteiger partial charge in [-0.2, -0.15) is 0 Å². The van der Waals surface area contributed by atoms with Gasteiger partial charge in [-0.1, -0.05) is 11.6 Å². The summed E-state index contributed by atoms with van der Waals surface area (Å²) in [5.41, 5.74) is 0.702. The van der Waals surface area contributed by atoms with E-state index in [2.05, 4.69) is 10.6 Å². The van der Waals surface area contributed by atoms with E-state index in [0.717, 1.165) is 0 Å². The van der Waals surface area contributed by atoms with Crippen molar-refractivity contribution in [2.75, 3.05) is 18.5 Å². The zero-order valence-corrected chi connectivity index (χ0v) is 9.79. The fourth-order valence-electron chi connectivity index (χ4n) is 1.07. The van der Waals surface area contributed by atoms with Crippen LogP contribution in [0.15, 0.2) is 24.3 Å². The third-order valence-electron chi connectivity index (χ3n) is 2.01. The van der Waals surface area contributed by atoms with E-state index in [0.29, 0.717) is 10.7 Å². The molecule has 0 aliphatic rings. The van der Waals surface area contributed by atoms with Crippen molar-refractivity contribution >= 4 is 23.2 Å². The predicted octanol–water partition coefficient (Wildman–Crippen LogP) is 1.25. The van der Waals surface area contributed by atoms with Gasteiger partial charge in [0.15, 0.2) is 0 Å². The minimum Gasteiger partial charge on any atom is -0.395 e. The van der Waals surface area contributed by atoms with Gasteiger partial charge in [0.1, 0.15) is 0 Å². The highest BCUT2D eigenvalue weighted by atomic mass is 35.5. The lowest BCUT2D eigenvalue weighted by Crippen LogP contribution is -2.36. The first-order chi connectivity index (χ1) is 7.61. The molecule has 4 nitrogen and oxygen atoms in total. The summed E-state index contributed by atoms with van der Waals surface area (Å²) in [6, 6.07) is 6.80. The number of hydrogen-bond donors (Lipinski definition) is 3. The molecule has 1 aromatic carbocycles. The highest BCUT2D eigenvalue weighted by Crippen LogP contribution is 2.12. The van der Waals surface area contributed by atoms with Crippen LogP contribution in [0.3, 0.4) is 0 Å². The van der Waals surface area contributed by atoms with Gasteiger partial charge in [-0.3, -0.25) is 4.79 Å². The molecule has 0 aromatic heterocycles. The molecule has 0 spiro atoms. The van der Waals surface area contributed by atoms with Gasteiger partial charge >= 0.3 is 0 Å². The van der Waals surface area contributed by atoms with E-state index in [4.69, 9.17) is 16.7 Å². The molecule has 0 saturated heterocycles. The van der Waals surface area contributed by atoms with Crippen LogP contribution in [0.1, 0.15) is 6.92 Å². The first-order valence-electron chi connectivity index (χ1n) is 5.01. The van der Waals surface area contributed by atoms with Crippen molar-refractivity contribution in [1.82, 2.24) is 5.32 Å². The summed E-state index contributed by atoms with van der Waals surface area (Å²) in [6.45, 7) is 1.98. The summed E-state index contributed by atoms with van der Waals surface area (Å²) < 4.78 is 0. The molecule has 16 heavy (non-hydrogen) atoms. The Hall–Kier alpha value is -1.10. The van der Waals surface area contributed by atoms with Crippen LogP contribution in [0, 0.1) is 0 Å². The third kappa shape index (κ3) is 4.61. The van der Waals surface area contributed by atoms with E-state index in [9.17, 15) is 4.79 Å². The minimum absolute atomic E-state index is 0.00816. The second kappa shape index (κ2) is 6.48. The van der Waals surface area contributed by atoms with Crippen molar-refractivity contribution in [3.05, 3.63) is 29.3 Å². The number of aliphatic hydroxyl groups excluding tert-OH is 1. The van der Waals surface area contributed by atoms with Crippen LogP contribution in [0.5, 0.6) is 0 Å². The van der Waals surface area contributed by atoms with Crippen LogP contribution < -0.4 is 10.6 Å². The second-order valence-corrected chi connectivity index (χ2v) is 3.96. The van der Waals surface area contributed by atoms with E-state index >= 15 is 0 Å². The Labute approximate surface area is 99.6 Å². The molecule has 0 radical (unpaired) electrons. The van der Waals surface area contributed by atoms with Crippen molar-refractivity contribution in [3.8, 4) is 0 Å². The van der Waals surface area contributed by atoms with Gasteiger partial charge in [0, 0.05) is 16.8 Å². The lowest BCUT2D eigenvalue weighted by Gasteiger charge is -2.10. The van der Waals surface area contributed by atoms with E-state index in [-0.39, 0.29) is 25.1 Å². The summed E-state index contributed by atoms with van der Waals surface area (Å²) in [5, 5.41) is 15.0. The van der Waals surface area contributed by atoms with Gasteiger partial charge in [-0.25, -0.2) is 0 Å². The molecule has 0 heterocycles. The number of halogens is 1. The molecule has 5 heteroatoms. The molecule has 1 unspecified atom stereocenters. The highest BCUT2D eigenvalue weighted by molar-refractivity contribution is 6.30. The van der Waals surface area contributed by atoms with Gasteiger partial charge in [0.2, 0.25) is 5.91 Å². The summed E-state index contributed by atoms with van der Waals surface area (Å²) in [7, 11) is 0. The van der Waals surface area contributed by atoms with E-state index in [1.54, 1.807) is 31.2 Å². The van der Waals surface area contributed by atoms with E-state index in [1.807, 2.05) is 0 Å². The molecule has 0 aliphatic carbocycles. The Balaban J connectivity index is 2.37.